The highest BCUT2D eigenvalue weighted by Crippen LogP contribution is 2.82. The number of carbonyl (C=O) groups is 2. The van der Waals surface area contributed by atoms with Crippen molar-refractivity contribution in [2.75, 3.05) is 58.4 Å². The lowest BCUT2D eigenvalue weighted by Crippen LogP contribution is -2.77. The first kappa shape index (κ1) is 65.9. The zero-order chi connectivity index (χ0) is 65.2. The molecule has 19 N–H and O–H groups in total. The summed E-state index contributed by atoms with van der Waals surface area (Å²) in [4.78, 5) is 51.1. The third-order valence-corrected chi connectivity index (χ3v) is 27.8. The summed E-state index contributed by atoms with van der Waals surface area (Å²) in [6.45, 7) is 9.21. The number of aliphatic carboxylic acids is 1. The predicted molar refractivity (Wildman–Crippen MR) is 338 cm³/mol. The van der Waals surface area contributed by atoms with Crippen LogP contribution in [0.4, 0.5) is 5.82 Å². The number of guanidine groups is 1. The van der Waals surface area contributed by atoms with Gasteiger partial charge in [0.15, 0.2) is 12.2 Å². The summed E-state index contributed by atoms with van der Waals surface area (Å²) in [6.07, 6.45) is 4.52. The number of imidazole rings is 2. The van der Waals surface area contributed by atoms with Crippen molar-refractivity contribution in [1.82, 2.24) is 35.9 Å². The van der Waals surface area contributed by atoms with E-state index >= 15 is 4.79 Å². The number of aliphatic hydroxyl groups is 8. The van der Waals surface area contributed by atoms with Crippen LogP contribution >= 0.6 is 0 Å². The number of aliphatic imine (C=N–C) groups is 1. The number of aliphatic hydroxyl groups excluding tert-OH is 8. The maximum absolute atomic E-state index is 16.2. The number of aromatic nitrogens is 4. The van der Waals surface area contributed by atoms with Crippen molar-refractivity contribution >= 4 is 23.7 Å². The molecule has 1 spiro atoms. The van der Waals surface area contributed by atoms with E-state index in [9.17, 15) is 50.8 Å². The van der Waals surface area contributed by atoms with E-state index in [1.165, 1.54) is 6.33 Å². The largest absolute Gasteiger partial charge is 0.481 e. The Bertz CT molecular complexity index is 3170. The van der Waals surface area contributed by atoms with Crippen LogP contribution in [0.2, 0.25) is 0 Å². The summed E-state index contributed by atoms with van der Waals surface area (Å²) in [6, 6.07) is -0.874. The number of carbonyl (C=O) groups excluding carboxylic acids is 1. The van der Waals surface area contributed by atoms with Crippen LogP contribution in [0.15, 0.2) is 35.5 Å². The van der Waals surface area contributed by atoms with Gasteiger partial charge < -0.3 is 98.1 Å². The lowest BCUT2D eigenvalue weighted by atomic mass is 9.26. The zero-order valence-electron chi connectivity index (χ0n) is 54.1. The van der Waals surface area contributed by atoms with Gasteiger partial charge in [0.1, 0.15) is 30.4 Å². The Morgan fingerprint density at radius 2 is 1.70 bits per heavy atom. The Morgan fingerprint density at radius 1 is 0.913 bits per heavy atom. The molecule has 2 saturated heterocycles. The second kappa shape index (κ2) is 24.4. The van der Waals surface area contributed by atoms with E-state index in [2.05, 4.69) is 79.9 Å². The molecule has 2 aromatic rings. The van der Waals surface area contributed by atoms with Crippen molar-refractivity contribution < 1.29 is 65.0 Å². The summed E-state index contributed by atoms with van der Waals surface area (Å²) >= 11 is 0. The van der Waals surface area contributed by atoms with Gasteiger partial charge in [-0.15, -0.1) is 0 Å². The van der Waals surface area contributed by atoms with Crippen LogP contribution < -0.4 is 32.7 Å². The number of hydrogen-bond acceptors (Lipinski definition) is 18. The van der Waals surface area contributed by atoms with E-state index in [0.29, 0.717) is 88.9 Å². The highest BCUT2D eigenvalue weighted by Gasteiger charge is 2.80. The van der Waals surface area contributed by atoms with Gasteiger partial charge in [-0.25, -0.2) is 9.97 Å². The van der Waals surface area contributed by atoms with Gasteiger partial charge in [0.2, 0.25) is 5.91 Å². The molecule has 0 bridgehead atoms. The lowest BCUT2D eigenvalue weighted by molar-refractivity contribution is -0.353. The number of amides is 1. The second-order valence-electron chi connectivity index (χ2n) is 31.4. The molecule has 11 aliphatic rings. The molecule has 3 aliphatic heterocycles. The van der Waals surface area contributed by atoms with Gasteiger partial charge in [0.05, 0.1) is 60.7 Å². The average molecular weight is 1280 g/mol. The lowest BCUT2D eigenvalue weighted by Gasteiger charge is -2.78. The SMILES string of the molecule is CN=C(N)NCCNC[C@@H]([C@H](O)[C@@H](c1cnc[nH]1)[C@@H]1NC(=O)[C@@]23CCC[C@@H]2C#C[C@H]2C=C4[C@@H]5C[C@@](C)(CO)CC[C@]5(C(=O)O)[C@H]5CNc6nc[nH]c6C[C@@H]5[C@@]4(C)[C@]4(C)CC[C@@H]5[C@](C)(CO)[C@H](O[C@@H]6OC[C@@H](O)[C@H](O)[C@H]6O)[C@H](O)[C@H](C[C@@H]13)[C@]5(C1CCCCC1)[C@@H]24)[C@@H](N)O. The van der Waals surface area contributed by atoms with E-state index in [-0.39, 0.29) is 55.8 Å². The molecule has 0 aromatic carbocycles. The molecule has 6 saturated carbocycles. The molecule has 13 rings (SSSR count). The average Bonchev–Trinajstić information content (AvgIpc) is 0.736. The third kappa shape index (κ3) is 9.59. The molecule has 5 heterocycles. The minimum absolute atomic E-state index is 0.0650. The van der Waals surface area contributed by atoms with Crippen LogP contribution in [0.3, 0.4) is 0 Å². The molecular formula is C68H103N11O13. The van der Waals surface area contributed by atoms with Crippen LogP contribution in [0.25, 0.3) is 0 Å². The van der Waals surface area contributed by atoms with E-state index in [4.69, 9.17) is 25.9 Å². The summed E-state index contributed by atoms with van der Waals surface area (Å²) in [5, 5.41) is 123. The van der Waals surface area contributed by atoms with E-state index < -0.39 is 159 Å². The number of nitrogens with zero attached hydrogens (tertiary/aromatic N) is 3. The summed E-state index contributed by atoms with van der Waals surface area (Å²) in [5.41, 5.74) is 8.17. The smallest absolute Gasteiger partial charge is 0.310 e. The number of aromatic amines is 2. The predicted octanol–water partition coefficient (Wildman–Crippen LogP) is 1.66. The van der Waals surface area contributed by atoms with Crippen LogP contribution in [-0.2, 0) is 25.5 Å². The number of H-pyrrole nitrogens is 2. The molecule has 2 aromatic heterocycles. The Balaban J connectivity index is 1.06. The van der Waals surface area contributed by atoms with Gasteiger partial charge in [-0.1, -0.05) is 76.9 Å². The van der Waals surface area contributed by atoms with E-state index in [1.807, 2.05) is 6.92 Å². The number of carboxylic acid groups (broad SMARTS) is 1. The quantitative estimate of drug-likeness (QED) is 0.0216. The monoisotopic (exact) mass is 1280 g/mol. The molecule has 8 fully saturated rings. The Kier molecular flexibility index (Phi) is 17.5. The van der Waals surface area contributed by atoms with Gasteiger partial charge >= 0.3 is 5.97 Å². The first-order valence-corrected chi connectivity index (χ1v) is 34.5. The first-order valence-electron chi connectivity index (χ1n) is 34.5. The number of hydrogen-bond donors (Lipinski definition) is 17. The zero-order valence-corrected chi connectivity index (χ0v) is 54.1. The van der Waals surface area contributed by atoms with Crippen molar-refractivity contribution in [1.29, 1.82) is 0 Å². The minimum atomic E-state index is -1.73. The Labute approximate surface area is 539 Å². The van der Waals surface area contributed by atoms with Gasteiger partial charge in [-0.2, -0.15) is 0 Å². The van der Waals surface area contributed by atoms with Gasteiger partial charge in [0, 0.05) is 86.9 Å². The number of carboxylic acids is 1. The standard InChI is InChI=1S/C68H103N11O13/c1-62(30-80)18-19-67(60(89)90)42(25-62)38-22-34-13-14-35-12-9-16-66(35)40(49(79-59(66)88)48(45-28-73-32-76-45)50(83)37(56(69)87)26-72-20-21-74-61(70)71-5)23-41-51(84)55(92-58-53(86)52(85)46(82)29-91-58)63(2,31-81)47-15-17-64(3,54(34)68(41,47)36-10-7-6-8-11-36)65(38,4)39-24-44-57(78-33-77-44)75-27-43(39)67/h22,28,32-37,39-43,46-56,58,72,75,80-87H,6-12,15-21,23-27,29-31,69H2,1-5H3,(H,73,76)(H,77,78)(H,79,88)(H,89,90)(H3,70,71,74)/t34-,35+,37-,39-,40-,41-,42-,43-,46+,47+,48-,49+,50-,51+,52-,53+,54-,55+,56-,58-,62-,63-,64+,65-,66-,67+,68-/m0/s1. The molecular weight excluding hydrogens is 1180 g/mol. The number of allylic oxidation sites excluding steroid dienone is 2. The summed E-state index contributed by atoms with van der Waals surface area (Å²) in [5.74, 6) is 1.33. The maximum atomic E-state index is 16.2. The van der Waals surface area contributed by atoms with Gasteiger partial charge in [0.25, 0.3) is 0 Å². The number of nitrogens with two attached hydrogens (primary N) is 2. The number of nitrogens with one attached hydrogen (secondary N) is 6. The highest BCUT2D eigenvalue weighted by molar-refractivity contribution is 5.87. The molecule has 24 heteroatoms. The Morgan fingerprint density at radius 3 is 2.40 bits per heavy atom. The fraction of sp³-hybridized carbons (Fsp3) is 0.809. The molecule has 8 aliphatic carbocycles. The van der Waals surface area contributed by atoms with Crippen LogP contribution in [0.5, 0.6) is 0 Å². The van der Waals surface area contributed by atoms with Crippen molar-refractivity contribution in [3.63, 3.8) is 0 Å². The molecule has 27 atom stereocenters. The van der Waals surface area contributed by atoms with E-state index in [0.717, 1.165) is 43.4 Å². The van der Waals surface area contributed by atoms with Crippen molar-refractivity contribution in [2.24, 2.45) is 119 Å². The first-order chi connectivity index (χ1) is 44.0. The number of ether oxygens (including phenoxy) is 2. The molecule has 508 valence electrons. The number of rotatable bonds is 16. The third-order valence-electron chi connectivity index (χ3n) is 27.8. The Hall–Kier alpha value is -4.75. The molecule has 0 radical (unpaired) electrons. The molecule has 0 unspecified atom stereocenters. The van der Waals surface area contributed by atoms with Crippen LogP contribution in [0, 0.1) is 115 Å². The van der Waals surface area contributed by atoms with Gasteiger partial charge in [-0.05, 0) is 140 Å². The normalized spacial score (nSPS) is 46.0. The number of anilines is 1. The fourth-order valence-electron chi connectivity index (χ4n) is 23.4. The van der Waals surface area contributed by atoms with Gasteiger partial charge in [-0.3, -0.25) is 14.6 Å². The second-order valence-corrected chi connectivity index (χ2v) is 31.4. The number of fused-ring (bicyclic) bond motifs is 8. The van der Waals surface area contributed by atoms with Crippen LogP contribution in [-0.4, -0.2) is 192 Å². The molecule has 92 heavy (non-hydrogen) atoms. The van der Waals surface area contributed by atoms with Crippen molar-refractivity contribution in [3.8, 4) is 11.8 Å². The van der Waals surface area contributed by atoms with Crippen molar-refractivity contribution in [2.45, 2.75) is 185 Å². The fourth-order valence-corrected chi connectivity index (χ4v) is 23.4. The van der Waals surface area contributed by atoms with E-state index in [1.54, 1.807) is 19.6 Å². The topological polar surface area (TPSA) is 405 Å². The van der Waals surface area contributed by atoms with Crippen LogP contribution in [0.1, 0.15) is 135 Å². The summed E-state index contributed by atoms with van der Waals surface area (Å²) in [7, 11) is 1.58. The highest BCUT2D eigenvalue weighted by atomic mass is 16.7. The maximum Gasteiger partial charge on any atom is 0.310 e. The minimum Gasteiger partial charge on any atom is -0.481 e. The molecule has 1 amide bonds. The molecule has 24 nitrogen and oxygen atoms in total. The summed E-state index contributed by atoms with van der Waals surface area (Å²) < 4.78 is 13.2. The van der Waals surface area contributed by atoms with Crippen molar-refractivity contribution in [3.05, 3.63) is 41.9 Å².